The number of aryl methyl sites for hydroxylation is 6. The Kier molecular flexibility index (Phi) is 14.8. The zero-order chi connectivity index (χ0) is 42.6. The Labute approximate surface area is 344 Å². The lowest BCUT2D eigenvalue weighted by Crippen LogP contribution is -2.15. The van der Waals surface area contributed by atoms with Gasteiger partial charge in [-0.25, -0.2) is 30.8 Å². The Morgan fingerprint density at radius 3 is 1.46 bits per heavy atom. The molecule has 0 atom stereocenters. The molecule has 6 aromatic rings. The second-order valence-electron chi connectivity index (χ2n) is 13.9. The first-order valence-electron chi connectivity index (χ1n) is 18.8. The van der Waals surface area contributed by atoms with E-state index in [4.69, 9.17) is 10.2 Å². The fourth-order valence-corrected chi connectivity index (χ4v) is 9.03. The van der Waals surface area contributed by atoms with Crippen molar-refractivity contribution in [2.24, 2.45) is 0 Å². The highest BCUT2D eigenvalue weighted by Gasteiger charge is 2.20. The first-order chi connectivity index (χ1) is 28.1. The summed E-state index contributed by atoms with van der Waals surface area (Å²) < 4.78 is 70.1. The van der Waals surface area contributed by atoms with Crippen molar-refractivity contribution >= 4 is 43.4 Å². The Morgan fingerprint density at radius 1 is 0.525 bits per heavy atom. The molecule has 13 heteroatoms. The van der Waals surface area contributed by atoms with Gasteiger partial charge in [-0.15, -0.1) is 0 Å². The van der Waals surface area contributed by atoms with Crippen molar-refractivity contribution in [2.45, 2.75) is 62.2 Å². The first-order valence-corrected chi connectivity index (χ1v) is 21.8. The molecule has 0 radical (unpaired) electrons. The molecule has 0 spiro atoms. The quantitative estimate of drug-likeness (QED) is 0.0748. The SMILES string of the molecule is Cc1ccc(S(=O)(=O)Nc2ccccc2CCCc2cccc(C(=O)O)c2)c(C)c1.O=C(O)c1cccc(CCCc2ccccc2NS(=O)(=O)c2ccccc2F)c1. The molecule has 0 amide bonds. The van der Waals surface area contributed by atoms with Crippen LogP contribution >= 0.6 is 0 Å². The number of hydrogen-bond donors (Lipinski definition) is 4. The van der Waals surface area contributed by atoms with Crippen LogP contribution in [0.4, 0.5) is 15.8 Å². The van der Waals surface area contributed by atoms with Crippen molar-refractivity contribution in [3.8, 4) is 0 Å². The van der Waals surface area contributed by atoms with Gasteiger partial charge in [-0.05, 0) is 135 Å². The number of sulfonamides is 2. The minimum Gasteiger partial charge on any atom is -0.478 e. The van der Waals surface area contributed by atoms with Gasteiger partial charge in [-0.3, -0.25) is 9.44 Å². The number of carboxylic acid groups (broad SMARTS) is 2. The van der Waals surface area contributed by atoms with Crippen molar-refractivity contribution in [2.75, 3.05) is 9.44 Å². The summed E-state index contributed by atoms with van der Waals surface area (Å²) in [5.74, 6) is -2.72. The molecule has 6 aromatic carbocycles. The van der Waals surface area contributed by atoms with Crippen molar-refractivity contribution < 1.29 is 41.0 Å². The summed E-state index contributed by atoms with van der Waals surface area (Å²) in [6.45, 7) is 3.72. The van der Waals surface area contributed by atoms with Gasteiger partial charge in [-0.2, -0.15) is 0 Å². The monoisotopic (exact) mass is 836 g/mol. The zero-order valence-corrected chi connectivity index (χ0v) is 34.2. The van der Waals surface area contributed by atoms with E-state index in [2.05, 4.69) is 9.44 Å². The second kappa shape index (κ2) is 19.9. The highest BCUT2D eigenvalue weighted by atomic mass is 32.2. The smallest absolute Gasteiger partial charge is 0.335 e. The van der Waals surface area contributed by atoms with Gasteiger partial charge in [0, 0.05) is 0 Å². The lowest BCUT2D eigenvalue weighted by molar-refractivity contribution is 0.0686. The van der Waals surface area contributed by atoms with Gasteiger partial charge in [-0.1, -0.05) is 90.5 Å². The fourth-order valence-electron chi connectivity index (χ4n) is 6.52. The van der Waals surface area contributed by atoms with Crippen LogP contribution in [0.3, 0.4) is 0 Å². The molecule has 59 heavy (non-hydrogen) atoms. The van der Waals surface area contributed by atoms with Crippen LogP contribution in [-0.2, 0) is 45.7 Å². The van der Waals surface area contributed by atoms with E-state index >= 15 is 0 Å². The predicted molar refractivity (Wildman–Crippen MR) is 228 cm³/mol. The van der Waals surface area contributed by atoms with E-state index in [0.29, 0.717) is 49.0 Å². The molecule has 306 valence electrons. The standard InChI is InChI=1S/C24H25NO4S.C22H20FNO4S/c1-17-13-14-23(18(2)15-17)30(28,29)25-22-12-4-3-9-20(22)10-5-7-19-8-6-11-21(16-19)24(26)27;23-19-12-2-4-14-21(19)29(27,28)24-20-13-3-1-9-17(20)10-5-7-16-8-6-11-18(15-16)22(25)26/h3-4,6,8-9,11-16,25H,5,7,10H2,1-2H3,(H,26,27);1-4,6,8-9,11-15,24H,5,7,10H2,(H,25,26). The summed E-state index contributed by atoms with van der Waals surface area (Å²) in [7, 11) is -7.74. The number of aromatic carboxylic acids is 2. The molecule has 0 heterocycles. The average molecular weight is 837 g/mol. The number of carboxylic acids is 2. The van der Waals surface area contributed by atoms with E-state index < -0.39 is 42.7 Å². The lowest BCUT2D eigenvalue weighted by Gasteiger charge is -2.14. The minimum atomic E-state index is -4.05. The zero-order valence-electron chi connectivity index (χ0n) is 32.6. The molecule has 0 fully saturated rings. The molecular formula is C46H45FN2O8S2. The molecule has 6 rings (SSSR count). The number of halogens is 1. The van der Waals surface area contributed by atoms with Crippen LogP contribution < -0.4 is 9.44 Å². The van der Waals surface area contributed by atoms with Crippen LogP contribution in [0.5, 0.6) is 0 Å². The predicted octanol–water partition coefficient (Wildman–Crippen LogP) is 9.48. The molecule has 0 aromatic heterocycles. The van der Waals surface area contributed by atoms with Crippen LogP contribution in [0.15, 0.2) is 149 Å². The van der Waals surface area contributed by atoms with Crippen molar-refractivity contribution in [3.05, 3.63) is 190 Å². The van der Waals surface area contributed by atoms with Gasteiger partial charge in [0.05, 0.1) is 27.4 Å². The highest BCUT2D eigenvalue weighted by Crippen LogP contribution is 2.26. The fraction of sp³-hybridized carbons (Fsp3) is 0.174. The number of nitrogens with one attached hydrogen (secondary N) is 2. The number of carbonyl (C=O) groups is 2. The Balaban J connectivity index is 0.000000224. The molecule has 0 aliphatic heterocycles. The van der Waals surface area contributed by atoms with Gasteiger partial charge in [0.25, 0.3) is 20.0 Å². The Bertz CT molecular complexity index is 2670. The minimum absolute atomic E-state index is 0.237. The van der Waals surface area contributed by atoms with Crippen molar-refractivity contribution in [1.82, 2.24) is 0 Å². The number of hydrogen-bond acceptors (Lipinski definition) is 6. The van der Waals surface area contributed by atoms with Crippen LogP contribution in [0.2, 0.25) is 0 Å². The largest absolute Gasteiger partial charge is 0.478 e. The van der Waals surface area contributed by atoms with E-state index in [1.807, 2.05) is 43.3 Å². The maximum absolute atomic E-state index is 13.9. The van der Waals surface area contributed by atoms with Gasteiger partial charge < -0.3 is 10.2 Å². The molecule has 0 aliphatic carbocycles. The van der Waals surface area contributed by atoms with E-state index in [1.54, 1.807) is 85.8 Å². The molecule has 0 bridgehead atoms. The van der Waals surface area contributed by atoms with E-state index in [9.17, 15) is 30.8 Å². The topological polar surface area (TPSA) is 167 Å². The maximum Gasteiger partial charge on any atom is 0.335 e. The molecule has 0 saturated carbocycles. The van der Waals surface area contributed by atoms with Crippen molar-refractivity contribution in [1.29, 1.82) is 0 Å². The van der Waals surface area contributed by atoms with Crippen LogP contribution in [-0.4, -0.2) is 39.0 Å². The first kappa shape index (κ1) is 43.8. The van der Waals surface area contributed by atoms with Crippen LogP contribution in [0.1, 0.15) is 66.9 Å². The molecule has 0 saturated heterocycles. The van der Waals surface area contributed by atoms with Crippen molar-refractivity contribution in [3.63, 3.8) is 0 Å². The summed E-state index contributed by atoms with van der Waals surface area (Å²) in [6, 6.07) is 38.5. The third-order valence-electron chi connectivity index (χ3n) is 9.44. The van der Waals surface area contributed by atoms with Crippen LogP contribution in [0, 0.1) is 19.7 Å². The third-order valence-corrected chi connectivity index (χ3v) is 12.4. The molecule has 0 aliphatic rings. The summed E-state index contributed by atoms with van der Waals surface area (Å²) >= 11 is 0. The van der Waals surface area contributed by atoms with E-state index in [-0.39, 0.29) is 16.0 Å². The Hall–Kier alpha value is -6.31. The average Bonchev–Trinajstić information content (AvgIpc) is 3.19. The van der Waals surface area contributed by atoms with Gasteiger partial charge in [0.15, 0.2) is 0 Å². The number of para-hydroxylation sites is 2. The lowest BCUT2D eigenvalue weighted by atomic mass is 10.0. The molecule has 0 unspecified atom stereocenters. The number of anilines is 2. The number of rotatable bonds is 16. The van der Waals surface area contributed by atoms with Crippen LogP contribution in [0.25, 0.3) is 0 Å². The van der Waals surface area contributed by atoms with E-state index in [1.165, 1.54) is 18.2 Å². The molecule has 4 N–H and O–H groups in total. The third kappa shape index (κ3) is 12.3. The van der Waals surface area contributed by atoms with Gasteiger partial charge in [0.1, 0.15) is 10.7 Å². The van der Waals surface area contributed by atoms with Gasteiger partial charge >= 0.3 is 11.9 Å². The summed E-state index contributed by atoms with van der Waals surface area (Å²) in [6.07, 6.45) is 4.07. The Morgan fingerprint density at radius 2 is 0.983 bits per heavy atom. The highest BCUT2D eigenvalue weighted by molar-refractivity contribution is 7.93. The second-order valence-corrected chi connectivity index (χ2v) is 17.2. The normalized spacial score (nSPS) is 11.2. The van der Waals surface area contributed by atoms with Gasteiger partial charge in [0.2, 0.25) is 0 Å². The summed E-state index contributed by atoms with van der Waals surface area (Å²) in [5, 5.41) is 18.2. The summed E-state index contributed by atoms with van der Waals surface area (Å²) in [5.41, 5.74) is 6.72. The molecular weight excluding hydrogens is 792 g/mol. The molecule has 10 nitrogen and oxygen atoms in total. The van der Waals surface area contributed by atoms with E-state index in [0.717, 1.165) is 40.3 Å². The summed E-state index contributed by atoms with van der Waals surface area (Å²) in [4.78, 5) is 22.1. The number of benzene rings is 6. The maximum atomic E-state index is 13.9.